The van der Waals surface area contributed by atoms with Crippen LogP contribution < -0.4 is 5.32 Å². The van der Waals surface area contributed by atoms with Gasteiger partial charge in [0.2, 0.25) is 17.7 Å². The zero-order chi connectivity index (χ0) is 17.8. The van der Waals surface area contributed by atoms with E-state index in [4.69, 9.17) is 4.42 Å². The van der Waals surface area contributed by atoms with E-state index in [0.29, 0.717) is 37.6 Å². The molecule has 8 heteroatoms. The number of thiophene rings is 1. The SMILES string of the molecule is CCN1C[C@H](CNC(=O)CCc2nnc(-c3ccc(C)s3)o2)CC1=O. The molecule has 2 amide bonds. The van der Waals surface area contributed by atoms with E-state index in [0.717, 1.165) is 18.0 Å². The van der Waals surface area contributed by atoms with E-state index in [9.17, 15) is 9.59 Å². The second-order valence-electron chi connectivity index (χ2n) is 6.22. The summed E-state index contributed by atoms with van der Waals surface area (Å²) in [6, 6.07) is 3.96. The predicted octanol–water partition coefficient (Wildman–Crippen LogP) is 2.02. The van der Waals surface area contributed by atoms with Crippen molar-refractivity contribution in [2.45, 2.75) is 33.1 Å². The quantitative estimate of drug-likeness (QED) is 0.814. The maximum absolute atomic E-state index is 12.0. The molecule has 0 bridgehead atoms. The number of carbonyl (C=O) groups excluding carboxylic acids is 2. The van der Waals surface area contributed by atoms with Crippen LogP contribution in [0.15, 0.2) is 16.5 Å². The van der Waals surface area contributed by atoms with Crippen LogP contribution in [0.25, 0.3) is 10.8 Å². The van der Waals surface area contributed by atoms with Crippen LogP contribution >= 0.6 is 11.3 Å². The Hall–Kier alpha value is -2.22. The van der Waals surface area contributed by atoms with Gasteiger partial charge in [-0.1, -0.05) is 0 Å². The van der Waals surface area contributed by atoms with Gasteiger partial charge in [-0.15, -0.1) is 21.5 Å². The van der Waals surface area contributed by atoms with E-state index >= 15 is 0 Å². The highest BCUT2D eigenvalue weighted by atomic mass is 32.1. The molecule has 2 aromatic heterocycles. The maximum Gasteiger partial charge on any atom is 0.257 e. The highest BCUT2D eigenvalue weighted by Crippen LogP contribution is 2.26. The predicted molar refractivity (Wildman–Crippen MR) is 94.0 cm³/mol. The summed E-state index contributed by atoms with van der Waals surface area (Å²) in [5.41, 5.74) is 0. The second-order valence-corrected chi connectivity index (χ2v) is 7.51. The summed E-state index contributed by atoms with van der Waals surface area (Å²) in [4.78, 5) is 27.6. The van der Waals surface area contributed by atoms with Crippen molar-refractivity contribution in [3.8, 4) is 10.8 Å². The van der Waals surface area contributed by atoms with Crippen molar-refractivity contribution >= 4 is 23.2 Å². The average molecular weight is 362 g/mol. The van der Waals surface area contributed by atoms with Crippen LogP contribution in [0.1, 0.15) is 30.5 Å². The number of nitrogens with one attached hydrogen (secondary N) is 1. The lowest BCUT2D eigenvalue weighted by atomic mass is 10.1. The Labute approximate surface area is 150 Å². The molecule has 3 rings (SSSR count). The summed E-state index contributed by atoms with van der Waals surface area (Å²) in [6.07, 6.45) is 1.22. The molecule has 1 atom stereocenters. The lowest BCUT2D eigenvalue weighted by Gasteiger charge is -2.13. The fourth-order valence-corrected chi connectivity index (χ4v) is 3.66. The van der Waals surface area contributed by atoms with Gasteiger partial charge in [0.15, 0.2) is 0 Å². The van der Waals surface area contributed by atoms with Crippen molar-refractivity contribution in [2.75, 3.05) is 19.6 Å². The van der Waals surface area contributed by atoms with Crippen molar-refractivity contribution in [3.63, 3.8) is 0 Å². The molecule has 1 aliphatic rings. The van der Waals surface area contributed by atoms with E-state index < -0.39 is 0 Å². The molecule has 0 unspecified atom stereocenters. The molecular weight excluding hydrogens is 340 g/mol. The van der Waals surface area contributed by atoms with Crippen LogP contribution in [-0.4, -0.2) is 46.5 Å². The van der Waals surface area contributed by atoms with Crippen LogP contribution in [0, 0.1) is 12.8 Å². The van der Waals surface area contributed by atoms with Crippen molar-refractivity contribution in [3.05, 3.63) is 22.9 Å². The van der Waals surface area contributed by atoms with Gasteiger partial charge < -0.3 is 14.6 Å². The monoisotopic (exact) mass is 362 g/mol. The number of aromatic nitrogens is 2. The van der Waals surface area contributed by atoms with Crippen LogP contribution in [0.5, 0.6) is 0 Å². The highest BCUT2D eigenvalue weighted by molar-refractivity contribution is 7.15. The summed E-state index contributed by atoms with van der Waals surface area (Å²) in [7, 11) is 0. The van der Waals surface area contributed by atoms with Crippen molar-refractivity contribution in [2.24, 2.45) is 5.92 Å². The molecule has 0 aromatic carbocycles. The molecule has 2 aromatic rings. The van der Waals surface area contributed by atoms with E-state index in [-0.39, 0.29) is 17.7 Å². The molecule has 1 N–H and O–H groups in total. The van der Waals surface area contributed by atoms with Crippen LogP contribution in [0.3, 0.4) is 0 Å². The van der Waals surface area contributed by atoms with Crippen LogP contribution in [-0.2, 0) is 16.0 Å². The smallest absolute Gasteiger partial charge is 0.257 e. The van der Waals surface area contributed by atoms with E-state index in [1.165, 1.54) is 4.88 Å². The summed E-state index contributed by atoms with van der Waals surface area (Å²) in [5, 5.41) is 10.9. The van der Waals surface area contributed by atoms with Gasteiger partial charge in [0.1, 0.15) is 0 Å². The third-order valence-electron chi connectivity index (χ3n) is 4.25. The molecule has 0 spiro atoms. The molecule has 1 fully saturated rings. The Balaban J connectivity index is 1.42. The molecule has 0 saturated carbocycles. The second kappa shape index (κ2) is 7.77. The first kappa shape index (κ1) is 17.6. The molecule has 0 aliphatic carbocycles. The van der Waals surface area contributed by atoms with Gasteiger partial charge in [-0.3, -0.25) is 9.59 Å². The number of hydrogen-bond acceptors (Lipinski definition) is 6. The molecule has 134 valence electrons. The van der Waals surface area contributed by atoms with Crippen molar-refractivity contribution in [1.29, 1.82) is 0 Å². The number of hydrogen-bond donors (Lipinski definition) is 1. The highest BCUT2D eigenvalue weighted by Gasteiger charge is 2.28. The van der Waals surface area contributed by atoms with Gasteiger partial charge in [-0.05, 0) is 26.0 Å². The Kier molecular flexibility index (Phi) is 5.47. The Morgan fingerprint density at radius 1 is 1.44 bits per heavy atom. The van der Waals surface area contributed by atoms with E-state index in [1.807, 2.05) is 30.9 Å². The summed E-state index contributed by atoms with van der Waals surface area (Å²) < 4.78 is 5.61. The summed E-state index contributed by atoms with van der Waals surface area (Å²) in [6.45, 7) is 5.97. The van der Waals surface area contributed by atoms with Gasteiger partial charge in [0.05, 0.1) is 4.88 Å². The number of carbonyl (C=O) groups is 2. The molecule has 0 radical (unpaired) electrons. The van der Waals surface area contributed by atoms with Crippen LogP contribution in [0.4, 0.5) is 0 Å². The average Bonchev–Trinajstić information content (AvgIpc) is 3.30. The van der Waals surface area contributed by atoms with Gasteiger partial charge in [0, 0.05) is 49.7 Å². The number of amides is 2. The minimum atomic E-state index is -0.0610. The molecule has 1 aliphatic heterocycles. The first-order valence-electron chi connectivity index (χ1n) is 8.48. The zero-order valence-electron chi connectivity index (χ0n) is 14.4. The number of aryl methyl sites for hydroxylation is 2. The molecule has 1 saturated heterocycles. The zero-order valence-corrected chi connectivity index (χ0v) is 15.3. The van der Waals surface area contributed by atoms with Gasteiger partial charge in [-0.25, -0.2) is 0 Å². The third-order valence-corrected chi connectivity index (χ3v) is 5.24. The van der Waals surface area contributed by atoms with E-state index in [1.54, 1.807) is 11.3 Å². The fourth-order valence-electron chi connectivity index (χ4n) is 2.87. The van der Waals surface area contributed by atoms with Crippen LogP contribution in [0.2, 0.25) is 0 Å². The number of rotatable bonds is 7. The Bertz CT molecular complexity index is 755. The molecule has 25 heavy (non-hydrogen) atoms. The van der Waals surface area contributed by atoms with Gasteiger partial charge in [0.25, 0.3) is 5.89 Å². The normalized spacial score (nSPS) is 17.3. The minimum absolute atomic E-state index is 0.0610. The lowest BCUT2D eigenvalue weighted by Crippen LogP contribution is -2.31. The number of nitrogens with zero attached hydrogens (tertiary/aromatic N) is 3. The van der Waals surface area contributed by atoms with E-state index in [2.05, 4.69) is 15.5 Å². The van der Waals surface area contributed by atoms with Gasteiger partial charge in [-0.2, -0.15) is 0 Å². The first-order chi connectivity index (χ1) is 12.0. The lowest BCUT2D eigenvalue weighted by molar-refractivity contribution is -0.127. The Morgan fingerprint density at radius 3 is 2.96 bits per heavy atom. The largest absolute Gasteiger partial charge is 0.420 e. The third kappa shape index (κ3) is 4.45. The van der Waals surface area contributed by atoms with Crippen molar-refractivity contribution < 1.29 is 14.0 Å². The van der Waals surface area contributed by atoms with Crippen molar-refractivity contribution in [1.82, 2.24) is 20.4 Å². The van der Waals surface area contributed by atoms with Gasteiger partial charge >= 0.3 is 0 Å². The first-order valence-corrected chi connectivity index (χ1v) is 9.30. The summed E-state index contributed by atoms with van der Waals surface area (Å²) >= 11 is 1.60. The summed E-state index contributed by atoms with van der Waals surface area (Å²) in [5.74, 6) is 1.27. The fraction of sp³-hybridized carbons (Fsp3) is 0.529. The minimum Gasteiger partial charge on any atom is -0.420 e. The standard InChI is InChI=1S/C17H22N4O3S/c1-3-21-10-12(8-16(21)23)9-18-14(22)6-7-15-19-20-17(24-15)13-5-4-11(2)25-13/h4-5,12H,3,6-10H2,1-2H3,(H,18,22)/t12-/m0/s1. The number of likely N-dealkylation sites (tertiary alicyclic amines) is 1. The molecular formula is C17H22N4O3S. The molecule has 7 nitrogen and oxygen atoms in total. The Morgan fingerprint density at radius 2 is 2.28 bits per heavy atom. The molecule has 3 heterocycles. The maximum atomic E-state index is 12.0. The topological polar surface area (TPSA) is 88.3 Å².